The van der Waals surface area contributed by atoms with E-state index in [-0.39, 0.29) is 10.8 Å². The molecule has 1 amide bonds. The lowest BCUT2D eigenvalue weighted by Crippen LogP contribution is -2.40. The summed E-state index contributed by atoms with van der Waals surface area (Å²) in [5, 5.41) is 0.980. The molecular formula is C20H20Cl3N3O4S3. The van der Waals surface area contributed by atoms with Crippen molar-refractivity contribution in [3.63, 3.8) is 0 Å². The van der Waals surface area contributed by atoms with Crippen molar-refractivity contribution in [2.45, 2.75) is 36.6 Å². The molecule has 178 valence electrons. The number of aromatic nitrogens is 1. The first-order chi connectivity index (χ1) is 15.7. The lowest BCUT2D eigenvalue weighted by molar-refractivity contribution is -0.121. The minimum atomic E-state index is -3.85. The Morgan fingerprint density at radius 1 is 1.18 bits per heavy atom. The van der Waals surface area contributed by atoms with Crippen LogP contribution >= 0.6 is 57.5 Å². The molecular weight excluding hydrogens is 549 g/mol. The van der Waals surface area contributed by atoms with Crippen molar-refractivity contribution in [1.29, 1.82) is 0 Å². The maximum Gasteiger partial charge on any atom is 0.266 e. The number of thiazole rings is 1. The standard InChI is InChI=1S/C20H20Cl3N3O4S3/c1-2-30-11-10-25-17-12(21)5-6-13(22)18(17)32-20(25)24-19(27)14-4-3-9-26(14)33(28,29)16-8-7-15(23)31-16/h5-8,14H,2-4,9-11H2,1H3. The van der Waals surface area contributed by atoms with E-state index in [1.54, 1.807) is 16.7 Å². The summed E-state index contributed by atoms with van der Waals surface area (Å²) in [5.41, 5.74) is 0.671. The summed E-state index contributed by atoms with van der Waals surface area (Å²) < 4.78 is 35.9. The van der Waals surface area contributed by atoms with Crippen LogP contribution in [-0.2, 0) is 26.1 Å². The van der Waals surface area contributed by atoms with Gasteiger partial charge in [-0.3, -0.25) is 4.79 Å². The van der Waals surface area contributed by atoms with Gasteiger partial charge in [-0.1, -0.05) is 46.1 Å². The Bertz CT molecular complexity index is 1360. The van der Waals surface area contributed by atoms with Crippen LogP contribution in [-0.4, -0.2) is 49.0 Å². The summed E-state index contributed by atoms with van der Waals surface area (Å²) in [6.45, 7) is 3.50. The van der Waals surface area contributed by atoms with E-state index in [1.165, 1.54) is 27.8 Å². The maximum atomic E-state index is 13.2. The van der Waals surface area contributed by atoms with E-state index in [2.05, 4.69) is 4.99 Å². The lowest BCUT2D eigenvalue weighted by Gasteiger charge is -2.20. The maximum absolute atomic E-state index is 13.2. The molecule has 1 aromatic carbocycles. The van der Waals surface area contributed by atoms with Crippen LogP contribution in [0.25, 0.3) is 10.2 Å². The average molecular weight is 569 g/mol. The van der Waals surface area contributed by atoms with Crippen molar-refractivity contribution in [2.75, 3.05) is 19.8 Å². The number of halogens is 3. The van der Waals surface area contributed by atoms with Crippen LogP contribution in [0.15, 0.2) is 33.5 Å². The zero-order chi connectivity index (χ0) is 23.8. The molecule has 0 radical (unpaired) electrons. The second-order valence-corrected chi connectivity index (χ2v) is 12.8. The van der Waals surface area contributed by atoms with Gasteiger partial charge in [0, 0.05) is 19.7 Å². The van der Waals surface area contributed by atoms with Crippen LogP contribution in [0, 0.1) is 0 Å². The van der Waals surface area contributed by atoms with Crippen LogP contribution in [0.5, 0.6) is 0 Å². The Morgan fingerprint density at radius 3 is 2.64 bits per heavy atom. The number of ether oxygens (including phenoxy) is 1. The molecule has 0 saturated carbocycles. The Morgan fingerprint density at radius 2 is 1.94 bits per heavy atom. The summed E-state index contributed by atoms with van der Waals surface area (Å²) in [4.78, 5) is 18.0. The van der Waals surface area contributed by atoms with Gasteiger partial charge in [-0.2, -0.15) is 9.30 Å². The third-order valence-corrected chi connectivity index (χ3v) is 10.6. The van der Waals surface area contributed by atoms with Gasteiger partial charge in [0.15, 0.2) is 4.80 Å². The average Bonchev–Trinajstić information content (AvgIpc) is 3.50. The molecule has 3 heterocycles. The monoisotopic (exact) mass is 567 g/mol. The van der Waals surface area contributed by atoms with E-state index >= 15 is 0 Å². The number of amides is 1. The first-order valence-electron chi connectivity index (χ1n) is 10.1. The molecule has 1 aliphatic heterocycles. The Hall–Kier alpha value is -0.980. The Balaban J connectivity index is 1.74. The molecule has 0 spiro atoms. The van der Waals surface area contributed by atoms with E-state index in [0.29, 0.717) is 62.0 Å². The van der Waals surface area contributed by atoms with Gasteiger partial charge < -0.3 is 9.30 Å². The molecule has 0 N–H and O–H groups in total. The number of sulfonamides is 1. The van der Waals surface area contributed by atoms with Crippen LogP contribution in [0.1, 0.15) is 19.8 Å². The zero-order valence-corrected chi connectivity index (χ0v) is 22.2. The summed E-state index contributed by atoms with van der Waals surface area (Å²) >= 11 is 21.0. The van der Waals surface area contributed by atoms with Crippen LogP contribution in [0.2, 0.25) is 14.4 Å². The van der Waals surface area contributed by atoms with Crippen molar-refractivity contribution in [2.24, 2.45) is 4.99 Å². The summed E-state index contributed by atoms with van der Waals surface area (Å²) in [7, 11) is -3.85. The fourth-order valence-electron chi connectivity index (χ4n) is 3.70. The molecule has 2 aromatic heterocycles. The first kappa shape index (κ1) is 25.1. The molecule has 1 unspecified atom stereocenters. The van der Waals surface area contributed by atoms with Gasteiger partial charge in [0.2, 0.25) is 0 Å². The molecule has 0 bridgehead atoms. The molecule has 1 aliphatic rings. The highest BCUT2D eigenvalue weighted by Gasteiger charge is 2.40. The predicted octanol–water partition coefficient (Wildman–Crippen LogP) is 5.04. The van der Waals surface area contributed by atoms with Crippen molar-refractivity contribution < 1.29 is 17.9 Å². The number of benzene rings is 1. The summed E-state index contributed by atoms with van der Waals surface area (Å²) in [5.74, 6) is -0.525. The highest BCUT2D eigenvalue weighted by Crippen LogP contribution is 2.34. The summed E-state index contributed by atoms with van der Waals surface area (Å²) in [6, 6.07) is 5.49. The van der Waals surface area contributed by atoms with E-state index < -0.39 is 22.0 Å². The second kappa shape index (κ2) is 10.3. The van der Waals surface area contributed by atoms with Crippen LogP contribution in [0.3, 0.4) is 0 Å². The zero-order valence-electron chi connectivity index (χ0n) is 17.5. The topological polar surface area (TPSA) is 81.0 Å². The minimum absolute atomic E-state index is 0.111. The molecule has 3 aromatic rings. The number of hydrogen-bond acceptors (Lipinski definition) is 6. The molecule has 1 saturated heterocycles. The molecule has 7 nitrogen and oxygen atoms in total. The lowest BCUT2D eigenvalue weighted by atomic mass is 10.2. The largest absolute Gasteiger partial charge is 0.380 e. The van der Waals surface area contributed by atoms with Gasteiger partial charge in [0.1, 0.15) is 10.3 Å². The van der Waals surface area contributed by atoms with Crippen molar-refractivity contribution >= 4 is 83.6 Å². The van der Waals surface area contributed by atoms with E-state index in [4.69, 9.17) is 39.5 Å². The number of nitrogens with zero attached hydrogens (tertiary/aromatic N) is 3. The van der Waals surface area contributed by atoms with E-state index in [1.807, 2.05) is 6.92 Å². The van der Waals surface area contributed by atoms with Gasteiger partial charge in [-0.25, -0.2) is 8.42 Å². The molecule has 0 aliphatic carbocycles. The molecule has 4 rings (SSSR count). The van der Waals surface area contributed by atoms with Gasteiger partial charge in [-0.15, -0.1) is 11.3 Å². The molecule has 13 heteroatoms. The fraction of sp³-hybridized carbons (Fsp3) is 0.400. The number of carbonyl (C=O) groups is 1. The fourth-order valence-corrected chi connectivity index (χ4v) is 8.64. The molecule has 33 heavy (non-hydrogen) atoms. The van der Waals surface area contributed by atoms with Gasteiger partial charge >= 0.3 is 0 Å². The second-order valence-electron chi connectivity index (χ2n) is 7.22. The van der Waals surface area contributed by atoms with Crippen molar-refractivity contribution in [3.05, 3.63) is 43.4 Å². The molecule has 1 atom stereocenters. The third-order valence-electron chi connectivity index (χ3n) is 5.20. The number of carbonyl (C=O) groups excluding carboxylic acids is 1. The third kappa shape index (κ3) is 5.04. The number of fused-ring (bicyclic) bond motifs is 1. The van der Waals surface area contributed by atoms with E-state index in [9.17, 15) is 13.2 Å². The van der Waals surface area contributed by atoms with Crippen LogP contribution in [0.4, 0.5) is 0 Å². The number of rotatable bonds is 7. The highest BCUT2D eigenvalue weighted by molar-refractivity contribution is 7.91. The normalized spacial score (nSPS) is 17.9. The van der Waals surface area contributed by atoms with Crippen molar-refractivity contribution in [3.8, 4) is 0 Å². The smallest absolute Gasteiger partial charge is 0.266 e. The molecule has 1 fully saturated rings. The quantitative estimate of drug-likeness (QED) is 0.374. The SMILES string of the molecule is CCOCCn1c(=NC(=O)C2CCCN2S(=O)(=O)c2ccc(Cl)s2)sc2c(Cl)ccc(Cl)c21. The van der Waals surface area contributed by atoms with Gasteiger partial charge in [0.05, 0.1) is 31.2 Å². The van der Waals surface area contributed by atoms with E-state index in [0.717, 1.165) is 11.3 Å². The highest BCUT2D eigenvalue weighted by atomic mass is 35.5. The van der Waals surface area contributed by atoms with Crippen molar-refractivity contribution in [1.82, 2.24) is 8.87 Å². The number of thiophene rings is 1. The number of hydrogen-bond donors (Lipinski definition) is 0. The van der Waals surface area contributed by atoms with Gasteiger partial charge in [0.25, 0.3) is 15.9 Å². The Kier molecular flexibility index (Phi) is 7.86. The Labute approximate surface area is 214 Å². The first-order valence-corrected chi connectivity index (χ1v) is 14.4. The summed E-state index contributed by atoms with van der Waals surface area (Å²) in [6.07, 6.45) is 0.963. The van der Waals surface area contributed by atoms with Crippen LogP contribution < -0.4 is 4.80 Å². The minimum Gasteiger partial charge on any atom is -0.380 e. The van der Waals surface area contributed by atoms with Gasteiger partial charge in [-0.05, 0) is 44.0 Å². The predicted molar refractivity (Wildman–Crippen MR) is 133 cm³/mol.